The zero-order valence-corrected chi connectivity index (χ0v) is 11.5. The van der Waals surface area contributed by atoms with Crippen molar-refractivity contribution in [2.24, 2.45) is 11.3 Å². The van der Waals surface area contributed by atoms with Crippen LogP contribution in [0.15, 0.2) is 6.20 Å². The molecule has 92 valence electrons. The second-order valence-corrected chi connectivity index (χ2v) is 5.64. The third-order valence-electron chi connectivity index (χ3n) is 3.28. The number of hydrogen-bond acceptors (Lipinski definition) is 2. The molecule has 3 nitrogen and oxygen atoms in total. The summed E-state index contributed by atoms with van der Waals surface area (Å²) in [6.45, 7) is 15.2. The summed E-state index contributed by atoms with van der Waals surface area (Å²) in [4.78, 5) is 4.49. The van der Waals surface area contributed by atoms with Crippen LogP contribution in [-0.2, 0) is 6.54 Å². The Balaban J connectivity index is 2.61. The second-order valence-electron chi connectivity index (χ2n) is 5.64. The smallest absolute Gasteiger partial charge is 0.203 e. The maximum atomic E-state index is 4.49. The average Bonchev–Trinajstić information content (AvgIpc) is 2.53. The summed E-state index contributed by atoms with van der Waals surface area (Å²) < 4.78 is 2.16. The first-order valence-electron chi connectivity index (χ1n) is 6.12. The SMILES string of the molecule is CCn1cc(C)nc1NCC(C)C(C)(C)C. The van der Waals surface area contributed by atoms with Gasteiger partial charge in [0.05, 0.1) is 5.69 Å². The molecule has 1 N–H and O–H groups in total. The standard InChI is InChI=1S/C13H25N3/c1-7-16-9-11(3)15-12(16)14-8-10(2)13(4,5)6/h9-10H,7-8H2,1-6H3,(H,14,15). The highest BCUT2D eigenvalue weighted by molar-refractivity contribution is 5.28. The fraction of sp³-hybridized carbons (Fsp3) is 0.769. The van der Waals surface area contributed by atoms with Crippen LogP contribution in [0.2, 0.25) is 0 Å². The minimum Gasteiger partial charge on any atom is -0.355 e. The van der Waals surface area contributed by atoms with Crippen molar-refractivity contribution in [1.82, 2.24) is 9.55 Å². The molecule has 1 aromatic rings. The molecule has 1 rings (SSSR count). The van der Waals surface area contributed by atoms with Gasteiger partial charge in [0, 0.05) is 19.3 Å². The van der Waals surface area contributed by atoms with Crippen LogP contribution in [0.25, 0.3) is 0 Å². The molecule has 0 amide bonds. The van der Waals surface area contributed by atoms with Crippen molar-refractivity contribution in [2.75, 3.05) is 11.9 Å². The van der Waals surface area contributed by atoms with Crippen molar-refractivity contribution in [3.05, 3.63) is 11.9 Å². The van der Waals surface area contributed by atoms with E-state index in [1.54, 1.807) is 0 Å². The third kappa shape index (κ3) is 3.26. The number of nitrogens with one attached hydrogen (secondary N) is 1. The first kappa shape index (κ1) is 13.1. The van der Waals surface area contributed by atoms with Gasteiger partial charge in [-0.3, -0.25) is 0 Å². The monoisotopic (exact) mass is 223 g/mol. The van der Waals surface area contributed by atoms with Gasteiger partial charge in [-0.1, -0.05) is 27.7 Å². The molecule has 1 unspecified atom stereocenters. The Hall–Kier alpha value is -0.990. The van der Waals surface area contributed by atoms with Gasteiger partial charge in [-0.05, 0) is 25.2 Å². The van der Waals surface area contributed by atoms with E-state index in [0.717, 1.165) is 24.7 Å². The van der Waals surface area contributed by atoms with Gasteiger partial charge >= 0.3 is 0 Å². The van der Waals surface area contributed by atoms with Gasteiger partial charge in [-0.25, -0.2) is 4.98 Å². The maximum Gasteiger partial charge on any atom is 0.203 e. The molecular weight excluding hydrogens is 198 g/mol. The minimum absolute atomic E-state index is 0.339. The van der Waals surface area contributed by atoms with E-state index < -0.39 is 0 Å². The van der Waals surface area contributed by atoms with Crippen molar-refractivity contribution in [1.29, 1.82) is 0 Å². The maximum absolute atomic E-state index is 4.49. The largest absolute Gasteiger partial charge is 0.355 e. The van der Waals surface area contributed by atoms with Crippen LogP contribution in [0.3, 0.4) is 0 Å². The number of aromatic nitrogens is 2. The van der Waals surface area contributed by atoms with E-state index in [1.165, 1.54) is 0 Å². The number of hydrogen-bond donors (Lipinski definition) is 1. The summed E-state index contributed by atoms with van der Waals surface area (Å²) in [5.74, 6) is 1.62. The van der Waals surface area contributed by atoms with E-state index >= 15 is 0 Å². The molecule has 0 bridgehead atoms. The van der Waals surface area contributed by atoms with E-state index in [9.17, 15) is 0 Å². The summed E-state index contributed by atoms with van der Waals surface area (Å²) in [7, 11) is 0. The lowest BCUT2D eigenvalue weighted by molar-refractivity contribution is 0.274. The van der Waals surface area contributed by atoms with Crippen LogP contribution in [0.5, 0.6) is 0 Å². The van der Waals surface area contributed by atoms with Crippen LogP contribution in [0.1, 0.15) is 40.3 Å². The first-order chi connectivity index (χ1) is 7.34. The second kappa shape index (κ2) is 4.89. The highest BCUT2D eigenvalue weighted by Crippen LogP contribution is 2.25. The summed E-state index contributed by atoms with van der Waals surface area (Å²) in [6.07, 6.45) is 2.09. The van der Waals surface area contributed by atoms with Gasteiger partial charge in [-0.15, -0.1) is 0 Å². The van der Waals surface area contributed by atoms with Crippen molar-refractivity contribution < 1.29 is 0 Å². The summed E-state index contributed by atoms with van der Waals surface area (Å²) in [5.41, 5.74) is 1.42. The van der Waals surface area contributed by atoms with Crippen molar-refractivity contribution in [3.63, 3.8) is 0 Å². The predicted octanol–water partition coefficient (Wildman–Crippen LogP) is 3.31. The minimum atomic E-state index is 0.339. The Morgan fingerprint density at radius 3 is 2.56 bits per heavy atom. The first-order valence-corrected chi connectivity index (χ1v) is 6.12. The van der Waals surface area contributed by atoms with Crippen LogP contribution >= 0.6 is 0 Å². The highest BCUT2D eigenvalue weighted by Gasteiger charge is 2.20. The molecule has 0 saturated carbocycles. The number of anilines is 1. The van der Waals surface area contributed by atoms with Gasteiger partial charge in [0.2, 0.25) is 5.95 Å². The Labute approximate surface area is 99.3 Å². The fourth-order valence-corrected chi connectivity index (χ4v) is 1.48. The van der Waals surface area contributed by atoms with Crippen LogP contribution in [-0.4, -0.2) is 16.1 Å². The molecule has 1 atom stereocenters. The molecule has 0 aliphatic rings. The van der Waals surface area contributed by atoms with Crippen LogP contribution < -0.4 is 5.32 Å². The summed E-state index contributed by atoms with van der Waals surface area (Å²) in [5, 5.41) is 3.44. The van der Waals surface area contributed by atoms with E-state index in [2.05, 4.69) is 55.7 Å². The Morgan fingerprint density at radius 1 is 1.44 bits per heavy atom. The fourth-order valence-electron chi connectivity index (χ4n) is 1.48. The third-order valence-corrected chi connectivity index (χ3v) is 3.28. The van der Waals surface area contributed by atoms with E-state index in [0.29, 0.717) is 11.3 Å². The van der Waals surface area contributed by atoms with Gasteiger partial charge in [0.15, 0.2) is 0 Å². The Kier molecular flexibility index (Phi) is 4.00. The zero-order chi connectivity index (χ0) is 12.3. The van der Waals surface area contributed by atoms with E-state index in [4.69, 9.17) is 0 Å². The molecule has 0 aliphatic carbocycles. The van der Waals surface area contributed by atoms with Crippen molar-refractivity contribution in [2.45, 2.75) is 48.1 Å². The van der Waals surface area contributed by atoms with E-state index in [1.807, 2.05) is 6.92 Å². The number of aryl methyl sites for hydroxylation is 2. The molecule has 1 heterocycles. The molecule has 0 saturated heterocycles. The Morgan fingerprint density at radius 2 is 2.06 bits per heavy atom. The molecule has 0 fully saturated rings. The number of imidazole rings is 1. The molecule has 0 radical (unpaired) electrons. The number of nitrogens with zero attached hydrogens (tertiary/aromatic N) is 2. The molecule has 0 aromatic carbocycles. The van der Waals surface area contributed by atoms with Gasteiger partial charge in [-0.2, -0.15) is 0 Å². The molecule has 1 aromatic heterocycles. The Bertz CT molecular complexity index is 333. The lowest BCUT2D eigenvalue weighted by atomic mass is 9.82. The topological polar surface area (TPSA) is 29.9 Å². The van der Waals surface area contributed by atoms with Crippen LogP contribution in [0, 0.1) is 18.3 Å². The average molecular weight is 223 g/mol. The summed E-state index contributed by atoms with van der Waals surface area (Å²) >= 11 is 0. The lowest BCUT2D eigenvalue weighted by Gasteiger charge is -2.27. The normalized spacial score (nSPS) is 13.9. The van der Waals surface area contributed by atoms with Crippen molar-refractivity contribution >= 4 is 5.95 Å². The summed E-state index contributed by atoms with van der Waals surface area (Å²) in [6, 6.07) is 0. The zero-order valence-electron chi connectivity index (χ0n) is 11.5. The van der Waals surface area contributed by atoms with Gasteiger partial charge in [0.1, 0.15) is 0 Å². The van der Waals surface area contributed by atoms with Gasteiger partial charge in [0.25, 0.3) is 0 Å². The van der Waals surface area contributed by atoms with Crippen LogP contribution in [0.4, 0.5) is 5.95 Å². The molecular formula is C13H25N3. The molecule has 3 heteroatoms. The number of rotatable bonds is 4. The predicted molar refractivity (Wildman–Crippen MR) is 69.7 cm³/mol. The van der Waals surface area contributed by atoms with Crippen molar-refractivity contribution in [3.8, 4) is 0 Å². The molecule has 16 heavy (non-hydrogen) atoms. The quantitative estimate of drug-likeness (QED) is 0.848. The lowest BCUT2D eigenvalue weighted by Crippen LogP contribution is -2.25. The van der Waals surface area contributed by atoms with E-state index in [-0.39, 0.29) is 0 Å². The molecule has 0 aliphatic heterocycles. The van der Waals surface area contributed by atoms with Gasteiger partial charge < -0.3 is 9.88 Å². The highest BCUT2D eigenvalue weighted by atomic mass is 15.2. The molecule has 0 spiro atoms.